The number of aromatic nitrogens is 2. The minimum Gasteiger partial charge on any atom is -0.503 e. The average Bonchev–Trinajstić information content (AvgIpc) is 4.25. The van der Waals surface area contributed by atoms with Crippen LogP contribution in [0.5, 0.6) is 5.75 Å². The van der Waals surface area contributed by atoms with Crippen LogP contribution >= 0.6 is 56.9 Å². The highest BCUT2D eigenvalue weighted by molar-refractivity contribution is 7.25. The fourth-order valence-corrected chi connectivity index (χ4v) is 14.6. The van der Waals surface area contributed by atoms with Crippen LogP contribution in [0.1, 0.15) is 113 Å². The first-order valence-corrected chi connectivity index (χ1v) is 28.9. The summed E-state index contributed by atoms with van der Waals surface area (Å²) in [6, 6.07) is 43.5. The highest BCUT2D eigenvalue weighted by atomic mass is 35.5. The summed E-state index contributed by atoms with van der Waals surface area (Å²) in [6.07, 6.45) is 0. The number of nitrogens with zero attached hydrogens (tertiary/aromatic N) is 2. The van der Waals surface area contributed by atoms with Crippen molar-refractivity contribution in [3.05, 3.63) is 189 Å². The Hall–Kier alpha value is -6.47. The van der Waals surface area contributed by atoms with E-state index < -0.39 is 27.5 Å². The van der Waals surface area contributed by atoms with Crippen molar-refractivity contribution in [1.29, 1.82) is 0 Å². The summed E-state index contributed by atoms with van der Waals surface area (Å²) in [5.41, 5.74) is 8.17. The maximum atomic E-state index is 12.0. The summed E-state index contributed by atoms with van der Waals surface area (Å²) in [4.78, 5) is 52.6. The lowest BCUT2D eigenvalue weighted by molar-refractivity contribution is 0.466. The van der Waals surface area contributed by atoms with Crippen molar-refractivity contribution in [1.82, 2.24) is 9.13 Å². The van der Waals surface area contributed by atoms with Gasteiger partial charge in [0.2, 0.25) is 16.3 Å². The number of thiophene rings is 4. The second kappa shape index (κ2) is 18.9. The Morgan fingerprint density at radius 3 is 0.961 bits per heavy atom. The minimum absolute atomic E-state index is 0. The quantitative estimate of drug-likeness (QED) is 0.167. The van der Waals surface area contributed by atoms with Crippen molar-refractivity contribution < 1.29 is 5.11 Å². The monoisotopic (exact) mass is 1110 g/mol. The van der Waals surface area contributed by atoms with E-state index in [0.717, 1.165) is 34.4 Å². The van der Waals surface area contributed by atoms with Crippen LogP contribution in [0.2, 0.25) is 5.02 Å². The molecule has 12 rings (SSSR count). The first-order chi connectivity index (χ1) is 35.7. The van der Waals surface area contributed by atoms with Gasteiger partial charge < -0.3 is 14.2 Å². The lowest BCUT2D eigenvalue weighted by Crippen LogP contribution is -2.32. The van der Waals surface area contributed by atoms with E-state index in [9.17, 15) is 24.3 Å². The normalized spacial score (nSPS) is 12.6. The first-order valence-electron chi connectivity index (χ1n) is 25.3. The van der Waals surface area contributed by atoms with Crippen molar-refractivity contribution in [3.8, 4) is 56.1 Å². The minimum atomic E-state index is -0.802. The molecule has 0 amide bonds. The largest absolute Gasteiger partial charge is 0.503 e. The molecule has 0 aliphatic heterocycles. The van der Waals surface area contributed by atoms with Gasteiger partial charge in [0.25, 0.3) is 5.43 Å². The predicted octanol–water partition coefficient (Wildman–Crippen LogP) is 17.9. The molecular weight excluding hydrogens is 1050 g/mol. The van der Waals surface area contributed by atoms with Crippen LogP contribution < -0.4 is 21.7 Å². The molecule has 0 radical (unpaired) electrons. The van der Waals surface area contributed by atoms with Gasteiger partial charge in [-0.3, -0.25) is 19.2 Å². The smallest absolute Gasteiger partial charge is 0.268 e. The molecule has 12 aromatic rings. The molecule has 6 heterocycles. The summed E-state index contributed by atoms with van der Waals surface area (Å²) >= 11 is 12.3. The van der Waals surface area contributed by atoms with Crippen molar-refractivity contribution in [2.24, 2.45) is 0 Å². The number of rotatable bonds is 6. The second-order valence-corrected chi connectivity index (χ2v) is 28.6. The van der Waals surface area contributed by atoms with Crippen LogP contribution in [0, 0.1) is 0 Å². The summed E-state index contributed by atoms with van der Waals surface area (Å²) in [7, 11) is 0. The van der Waals surface area contributed by atoms with Crippen molar-refractivity contribution in [2.75, 3.05) is 0 Å². The number of hydrogen-bond acceptors (Lipinski definition) is 9. The third-order valence-electron chi connectivity index (χ3n) is 14.5. The Morgan fingerprint density at radius 2 is 0.649 bits per heavy atom. The van der Waals surface area contributed by atoms with Crippen molar-refractivity contribution in [3.63, 3.8) is 0 Å². The molecule has 12 heteroatoms. The zero-order chi connectivity index (χ0) is 54.3. The van der Waals surface area contributed by atoms with E-state index in [4.69, 9.17) is 11.6 Å². The second-order valence-electron chi connectivity index (χ2n) is 23.9. The molecule has 0 spiro atoms. The van der Waals surface area contributed by atoms with Crippen LogP contribution in [0.3, 0.4) is 0 Å². The molecule has 0 saturated carbocycles. The molecule has 1 N–H and O–H groups in total. The van der Waals surface area contributed by atoms with E-state index in [2.05, 4.69) is 189 Å². The van der Waals surface area contributed by atoms with Gasteiger partial charge in [-0.25, -0.2) is 0 Å². The molecule has 0 atom stereocenters. The molecule has 7 nitrogen and oxygen atoms in total. The van der Waals surface area contributed by atoms with Gasteiger partial charge in [-0.2, -0.15) is 0 Å². The summed E-state index contributed by atoms with van der Waals surface area (Å²) < 4.78 is 4.70. The van der Waals surface area contributed by atoms with Gasteiger partial charge in [-0.15, -0.1) is 45.3 Å². The molecule has 0 aliphatic rings. The number of fused-ring (bicyclic) bond motifs is 6. The Labute approximate surface area is 469 Å². The Balaban J connectivity index is 0.000000172. The van der Waals surface area contributed by atoms with Gasteiger partial charge in [-0.1, -0.05) is 126 Å². The van der Waals surface area contributed by atoms with Gasteiger partial charge in [-0.05, 0) is 141 Å². The number of halogens is 1. The van der Waals surface area contributed by atoms with E-state index in [1.54, 1.807) is 28.7 Å². The predicted molar refractivity (Wildman–Crippen MR) is 333 cm³/mol. The maximum Gasteiger partial charge on any atom is 0.268 e. The van der Waals surface area contributed by atoms with E-state index in [0.29, 0.717) is 10.4 Å². The lowest BCUT2D eigenvalue weighted by atomic mass is 9.85. The number of hydrogen-bond donors (Lipinski definition) is 1. The van der Waals surface area contributed by atoms with Crippen LogP contribution in [-0.2, 0) is 21.7 Å². The van der Waals surface area contributed by atoms with Gasteiger partial charge >= 0.3 is 0 Å². The van der Waals surface area contributed by atoms with Gasteiger partial charge in [0.15, 0.2) is 5.75 Å². The van der Waals surface area contributed by atoms with Gasteiger partial charge in [0.05, 0.1) is 33.2 Å². The average molecular weight is 1110 g/mol. The van der Waals surface area contributed by atoms with Gasteiger partial charge in [0.1, 0.15) is 15.0 Å². The zero-order valence-corrected chi connectivity index (χ0v) is 48.6. The topological polar surface area (TPSA) is 98.4 Å². The highest BCUT2D eigenvalue weighted by Crippen LogP contribution is 2.45. The molecule has 6 aromatic carbocycles. The Kier molecular flexibility index (Phi) is 13.2. The molecule has 0 bridgehead atoms. The molecule has 0 aliphatic carbocycles. The Morgan fingerprint density at radius 1 is 0.364 bits per heavy atom. The molecular formula is C65H61ClN2O5S4. The fourth-order valence-electron chi connectivity index (χ4n) is 9.95. The Bertz CT molecular complexity index is 4030. The summed E-state index contributed by atoms with van der Waals surface area (Å²) in [6.45, 7) is 27.0. The summed E-state index contributed by atoms with van der Waals surface area (Å²) in [5.74, 6) is -0.426. The molecule has 392 valence electrons. The standard InChI is InChI=1S/C32H28ClNO2S2.C32H29NO3S2.CH4/c1-31(2,3)17-7-9-21-19(15-17)20-16-18(32(4,5)6)8-10-22(20)34(21)26-14-13-24(38-26)23-11-12-25(37-23)27-28(33)30(36)29(27)35;1-31(2,3)17-7-9-21-19(15-17)20-16-18(32(4,5)6)8-10-22(20)33(21)26-14-13-24(38-26)23-11-12-25(37-23)27-28(34)30(36)29(27)35;/h7-16H,1-6H3;7-16,34H,1-6H3;1H4. The zero-order valence-electron chi connectivity index (χ0n) is 44.5. The van der Waals surface area contributed by atoms with Crippen LogP contribution in [0.25, 0.3) is 94.0 Å². The molecule has 6 aromatic heterocycles. The number of aromatic hydroxyl groups is 1. The SMILES string of the molecule is C.CC(C)(C)c1ccc2c(c1)c1cc(C(C)(C)C)ccc1n2-c1ccc(-c2ccc(-c3c(Cl)c(=O)c3=O)s2)s1.CC(C)(C)c1ccc2c(c1)c1cc(C(C)(C)C)ccc1n2-c1ccc(-c2ccc(-c3c(O)c(=O)c3=O)s2)s1. The maximum absolute atomic E-state index is 12.0. The van der Waals surface area contributed by atoms with E-state index in [-0.39, 0.29) is 39.7 Å². The summed E-state index contributed by atoms with van der Waals surface area (Å²) in [5, 5.41) is 17.2. The van der Waals surface area contributed by atoms with E-state index >= 15 is 0 Å². The fraction of sp³-hybridized carbons (Fsp3) is 0.262. The van der Waals surface area contributed by atoms with Crippen molar-refractivity contribution in [2.45, 2.75) is 112 Å². The molecule has 0 saturated heterocycles. The lowest BCUT2D eigenvalue weighted by Gasteiger charge is -2.19. The van der Waals surface area contributed by atoms with Crippen molar-refractivity contribution >= 4 is 101 Å². The number of benzene rings is 4. The molecule has 0 unspecified atom stereocenters. The molecule has 77 heavy (non-hydrogen) atoms. The van der Waals surface area contributed by atoms with Crippen LogP contribution in [0.4, 0.5) is 0 Å². The third-order valence-corrected chi connectivity index (χ3v) is 19.6. The highest BCUT2D eigenvalue weighted by Gasteiger charge is 2.27. The first kappa shape index (κ1) is 53.9. The van der Waals surface area contributed by atoms with Crippen LogP contribution in [-0.4, -0.2) is 14.2 Å². The third kappa shape index (κ3) is 9.21. The van der Waals surface area contributed by atoms with Crippen LogP contribution in [0.15, 0.2) is 141 Å². The van der Waals surface area contributed by atoms with Gasteiger partial charge in [0, 0.05) is 50.8 Å². The molecule has 0 fully saturated rings. The van der Waals surface area contributed by atoms with E-state index in [1.165, 1.54) is 88.5 Å². The van der Waals surface area contributed by atoms with E-state index in [1.807, 2.05) is 18.2 Å².